The van der Waals surface area contributed by atoms with E-state index >= 15 is 0 Å². The van der Waals surface area contributed by atoms with Gasteiger partial charge in [0.25, 0.3) is 5.91 Å². The van der Waals surface area contributed by atoms with Gasteiger partial charge in [-0.3, -0.25) is 4.79 Å². The molecule has 0 bridgehead atoms. The Morgan fingerprint density at radius 1 is 1.33 bits per heavy atom. The van der Waals surface area contributed by atoms with Crippen molar-refractivity contribution in [3.05, 3.63) is 35.6 Å². The summed E-state index contributed by atoms with van der Waals surface area (Å²) in [6.45, 7) is 2.54. The number of benzene rings is 1. The Hall–Kier alpha value is -2.30. The number of esters is 1. The first-order chi connectivity index (χ1) is 10.1. The van der Waals surface area contributed by atoms with Crippen LogP contribution in [-0.2, 0) is 9.53 Å². The van der Waals surface area contributed by atoms with Crippen LogP contribution in [0.3, 0.4) is 0 Å². The molecule has 0 aliphatic carbocycles. The Bertz CT molecular complexity index is 703. The quantitative estimate of drug-likeness (QED) is 0.796. The summed E-state index contributed by atoms with van der Waals surface area (Å²) in [6, 6.07) is 6.99. The smallest absolute Gasteiger partial charge is 0.328 e. The third-order valence-electron chi connectivity index (χ3n) is 3.87. The number of carbonyl (C=O) groups excluding carboxylic acids is 2. The van der Waals surface area contributed by atoms with Gasteiger partial charge in [-0.15, -0.1) is 0 Å². The maximum atomic E-state index is 12.6. The summed E-state index contributed by atoms with van der Waals surface area (Å²) in [5.74, 6) is -0.351. The van der Waals surface area contributed by atoms with Crippen molar-refractivity contribution >= 4 is 22.8 Å². The topological polar surface area (TPSA) is 59.8 Å². The van der Waals surface area contributed by atoms with E-state index in [4.69, 9.17) is 9.15 Å². The monoisotopic (exact) mass is 287 g/mol. The number of aryl methyl sites for hydroxylation is 1. The van der Waals surface area contributed by atoms with Crippen LogP contribution in [0.1, 0.15) is 29.0 Å². The van der Waals surface area contributed by atoms with Gasteiger partial charge in [0.15, 0.2) is 5.76 Å². The van der Waals surface area contributed by atoms with Crippen LogP contribution in [0.15, 0.2) is 28.7 Å². The highest BCUT2D eigenvalue weighted by Gasteiger charge is 2.36. The van der Waals surface area contributed by atoms with Crippen LogP contribution in [0, 0.1) is 6.92 Å². The van der Waals surface area contributed by atoms with Gasteiger partial charge in [0, 0.05) is 11.9 Å². The van der Waals surface area contributed by atoms with Crippen molar-refractivity contribution in [1.29, 1.82) is 0 Å². The number of fused-ring (bicyclic) bond motifs is 1. The molecule has 110 valence electrons. The molecule has 1 atom stereocenters. The normalized spacial score (nSPS) is 18.2. The number of furan rings is 1. The third kappa shape index (κ3) is 2.39. The standard InChI is InChI=1S/C16H17NO4/c1-10-5-6-13-11(8-10)9-14(21-13)15(18)17-7-3-4-12(17)16(19)20-2/h5-6,8-9,12H,3-4,7H2,1-2H3. The molecule has 0 saturated carbocycles. The van der Waals surface area contributed by atoms with Crippen LogP contribution in [0.2, 0.25) is 0 Å². The SMILES string of the molecule is COC(=O)C1CCCN1C(=O)c1cc2cc(C)ccc2o1. The zero-order valence-corrected chi connectivity index (χ0v) is 12.1. The summed E-state index contributed by atoms with van der Waals surface area (Å²) in [6.07, 6.45) is 1.43. The molecule has 2 aromatic rings. The van der Waals surface area contributed by atoms with Gasteiger partial charge in [0.2, 0.25) is 0 Å². The fraction of sp³-hybridized carbons (Fsp3) is 0.375. The molecule has 2 heterocycles. The molecule has 0 N–H and O–H groups in total. The van der Waals surface area contributed by atoms with Gasteiger partial charge in [-0.2, -0.15) is 0 Å². The Morgan fingerprint density at radius 2 is 2.14 bits per heavy atom. The van der Waals surface area contributed by atoms with Gasteiger partial charge in [0.1, 0.15) is 11.6 Å². The lowest BCUT2D eigenvalue weighted by Gasteiger charge is -2.21. The second-order valence-corrected chi connectivity index (χ2v) is 5.33. The lowest BCUT2D eigenvalue weighted by atomic mass is 10.2. The molecule has 0 spiro atoms. The lowest BCUT2D eigenvalue weighted by Crippen LogP contribution is -2.40. The molecule has 1 unspecified atom stereocenters. The molecule has 5 heteroatoms. The molecule has 5 nitrogen and oxygen atoms in total. The molecule has 1 aliphatic rings. The van der Waals surface area contributed by atoms with Crippen molar-refractivity contribution in [3.63, 3.8) is 0 Å². The van der Waals surface area contributed by atoms with E-state index in [1.54, 1.807) is 6.07 Å². The Kier molecular flexibility index (Phi) is 3.41. The van der Waals surface area contributed by atoms with Gasteiger partial charge in [0.05, 0.1) is 7.11 Å². The van der Waals surface area contributed by atoms with Gasteiger partial charge in [-0.1, -0.05) is 11.6 Å². The van der Waals surface area contributed by atoms with E-state index in [9.17, 15) is 9.59 Å². The number of likely N-dealkylation sites (tertiary alicyclic amines) is 1. The van der Waals surface area contributed by atoms with E-state index in [1.165, 1.54) is 12.0 Å². The van der Waals surface area contributed by atoms with Crippen LogP contribution in [0.4, 0.5) is 0 Å². The molecule has 1 amide bonds. The van der Waals surface area contributed by atoms with Crippen LogP contribution in [-0.4, -0.2) is 36.5 Å². The summed E-state index contributed by atoms with van der Waals surface area (Å²) in [5.41, 5.74) is 1.79. The summed E-state index contributed by atoms with van der Waals surface area (Å²) in [5, 5.41) is 0.896. The number of amides is 1. The van der Waals surface area contributed by atoms with E-state index in [-0.39, 0.29) is 17.6 Å². The van der Waals surface area contributed by atoms with Crippen LogP contribution >= 0.6 is 0 Å². The van der Waals surface area contributed by atoms with Crippen molar-refractivity contribution in [1.82, 2.24) is 4.90 Å². The maximum absolute atomic E-state index is 12.6. The first-order valence-corrected chi connectivity index (χ1v) is 6.99. The van der Waals surface area contributed by atoms with Gasteiger partial charge >= 0.3 is 5.97 Å². The fourth-order valence-electron chi connectivity index (χ4n) is 2.80. The van der Waals surface area contributed by atoms with Gasteiger partial charge < -0.3 is 14.1 Å². The van der Waals surface area contributed by atoms with Crippen molar-refractivity contribution in [3.8, 4) is 0 Å². The predicted octanol–water partition coefficient (Wildman–Crippen LogP) is 2.52. The summed E-state index contributed by atoms with van der Waals surface area (Å²) in [7, 11) is 1.34. The van der Waals surface area contributed by atoms with Crippen LogP contribution in [0.5, 0.6) is 0 Å². The highest BCUT2D eigenvalue weighted by atomic mass is 16.5. The Morgan fingerprint density at radius 3 is 2.90 bits per heavy atom. The number of ether oxygens (including phenoxy) is 1. The Labute approximate surface area is 122 Å². The molecule has 3 rings (SSSR count). The lowest BCUT2D eigenvalue weighted by molar-refractivity contribution is -0.145. The van der Waals surface area contributed by atoms with Crippen LogP contribution < -0.4 is 0 Å². The molecule has 21 heavy (non-hydrogen) atoms. The minimum Gasteiger partial charge on any atom is -0.467 e. The first kappa shape index (κ1) is 13.7. The van der Waals surface area contributed by atoms with Crippen molar-refractivity contribution in [2.24, 2.45) is 0 Å². The minimum atomic E-state index is -0.502. The average Bonchev–Trinajstić information content (AvgIpc) is 3.11. The van der Waals surface area contributed by atoms with Crippen molar-refractivity contribution in [2.75, 3.05) is 13.7 Å². The van der Waals surface area contributed by atoms with Crippen molar-refractivity contribution in [2.45, 2.75) is 25.8 Å². The fourth-order valence-corrected chi connectivity index (χ4v) is 2.80. The zero-order valence-electron chi connectivity index (χ0n) is 12.1. The summed E-state index contributed by atoms with van der Waals surface area (Å²) in [4.78, 5) is 25.8. The highest BCUT2D eigenvalue weighted by molar-refractivity contribution is 5.98. The number of methoxy groups -OCH3 is 1. The molecular formula is C16H17NO4. The number of hydrogen-bond donors (Lipinski definition) is 0. The van der Waals surface area contributed by atoms with Gasteiger partial charge in [-0.25, -0.2) is 4.79 Å². The van der Waals surface area contributed by atoms with E-state index in [0.29, 0.717) is 18.5 Å². The molecular weight excluding hydrogens is 270 g/mol. The molecule has 1 aromatic heterocycles. The molecule has 0 radical (unpaired) electrons. The highest BCUT2D eigenvalue weighted by Crippen LogP contribution is 2.25. The predicted molar refractivity (Wildman–Crippen MR) is 77.0 cm³/mol. The zero-order chi connectivity index (χ0) is 15.0. The second-order valence-electron chi connectivity index (χ2n) is 5.33. The minimum absolute atomic E-state index is 0.253. The summed E-state index contributed by atoms with van der Waals surface area (Å²) >= 11 is 0. The molecule has 1 aliphatic heterocycles. The average molecular weight is 287 g/mol. The molecule has 1 saturated heterocycles. The maximum Gasteiger partial charge on any atom is 0.328 e. The Balaban J connectivity index is 1.91. The second kappa shape index (κ2) is 5.24. The molecule has 1 aromatic carbocycles. The van der Waals surface area contributed by atoms with E-state index in [0.717, 1.165) is 17.4 Å². The number of carbonyl (C=O) groups is 2. The first-order valence-electron chi connectivity index (χ1n) is 6.99. The molecule has 1 fully saturated rings. The van der Waals surface area contributed by atoms with E-state index in [1.807, 2.05) is 25.1 Å². The number of nitrogens with zero attached hydrogens (tertiary/aromatic N) is 1. The van der Waals surface area contributed by atoms with Crippen LogP contribution in [0.25, 0.3) is 11.0 Å². The third-order valence-corrected chi connectivity index (χ3v) is 3.87. The number of hydrogen-bond acceptors (Lipinski definition) is 4. The van der Waals surface area contributed by atoms with Gasteiger partial charge in [-0.05, 0) is 38.0 Å². The largest absolute Gasteiger partial charge is 0.467 e. The summed E-state index contributed by atoms with van der Waals surface area (Å²) < 4.78 is 10.4. The van der Waals surface area contributed by atoms with Crippen molar-refractivity contribution < 1.29 is 18.7 Å². The van der Waals surface area contributed by atoms with E-state index < -0.39 is 6.04 Å². The van der Waals surface area contributed by atoms with E-state index in [2.05, 4.69) is 0 Å². The number of rotatable bonds is 2.